The van der Waals surface area contributed by atoms with Gasteiger partial charge in [0.1, 0.15) is 12.4 Å². The van der Waals surface area contributed by atoms with Gasteiger partial charge in [0.2, 0.25) is 0 Å². The monoisotopic (exact) mass is 365 g/mol. The molecule has 2 aromatic carbocycles. The van der Waals surface area contributed by atoms with Gasteiger partial charge in [-0.3, -0.25) is 9.69 Å². The summed E-state index contributed by atoms with van der Waals surface area (Å²) < 4.78 is 6.02. The van der Waals surface area contributed by atoms with E-state index in [4.69, 9.17) is 4.74 Å². The first-order valence-electron chi connectivity index (χ1n) is 10.1. The summed E-state index contributed by atoms with van der Waals surface area (Å²) >= 11 is 0. The molecular weight excluding hydrogens is 334 g/mol. The van der Waals surface area contributed by atoms with E-state index in [0.29, 0.717) is 0 Å². The molecule has 3 rings (SSSR count). The maximum atomic E-state index is 12.4. The van der Waals surface area contributed by atoms with E-state index < -0.39 is 0 Å². The Morgan fingerprint density at radius 2 is 1.74 bits per heavy atom. The van der Waals surface area contributed by atoms with Crippen molar-refractivity contribution in [1.29, 1.82) is 0 Å². The third-order valence-electron chi connectivity index (χ3n) is 5.34. The largest absolute Gasteiger partial charge is 0.492 e. The first kappa shape index (κ1) is 19.6. The van der Waals surface area contributed by atoms with Crippen molar-refractivity contribution in [1.82, 2.24) is 4.90 Å². The van der Waals surface area contributed by atoms with Crippen molar-refractivity contribution in [3.05, 3.63) is 53.1 Å². The molecule has 0 saturated carbocycles. The van der Waals surface area contributed by atoms with Crippen LogP contribution in [0.4, 0.5) is 0 Å². The van der Waals surface area contributed by atoms with Gasteiger partial charge in [0.15, 0.2) is 5.78 Å². The summed E-state index contributed by atoms with van der Waals surface area (Å²) in [6.45, 7) is 12.3. The van der Waals surface area contributed by atoms with Crippen LogP contribution in [0, 0.1) is 19.8 Å². The van der Waals surface area contributed by atoms with Gasteiger partial charge < -0.3 is 4.74 Å². The van der Waals surface area contributed by atoms with Crippen LogP contribution in [0.1, 0.15) is 48.2 Å². The number of carbonyl (C=O) groups is 1. The quantitative estimate of drug-likeness (QED) is 0.625. The number of ketones is 1. The molecule has 1 aliphatic heterocycles. The average molecular weight is 366 g/mol. The molecule has 0 spiro atoms. The highest BCUT2D eigenvalue weighted by atomic mass is 16.5. The number of aryl methyl sites for hydroxylation is 2. The molecule has 0 unspecified atom stereocenters. The third-order valence-corrected chi connectivity index (χ3v) is 5.34. The lowest BCUT2D eigenvalue weighted by molar-refractivity contribution is 0.0939. The summed E-state index contributed by atoms with van der Waals surface area (Å²) in [6.07, 6.45) is 2.62. The minimum Gasteiger partial charge on any atom is -0.492 e. The second kappa shape index (κ2) is 8.71. The Morgan fingerprint density at radius 1 is 1.07 bits per heavy atom. The molecular formula is C24H31NO2. The lowest BCUT2D eigenvalue weighted by Crippen LogP contribution is -2.25. The van der Waals surface area contributed by atoms with Gasteiger partial charge in [-0.25, -0.2) is 0 Å². The molecule has 0 amide bonds. The summed E-state index contributed by atoms with van der Waals surface area (Å²) in [5.74, 6) is 1.13. The number of carbonyl (C=O) groups excluding carboxylic acids is 1. The Balaban J connectivity index is 1.76. The Hall–Kier alpha value is -2.13. The Labute approximate surface area is 163 Å². The minimum atomic E-state index is 0.00817. The Kier molecular flexibility index (Phi) is 6.33. The number of hydrogen-bond acceptors (Lipinski definition) is 3. The smallest absolute Gasteiger partial charge is 0.165 e. The van der Waals surface area contributed by atoms with E-state index in [2.05, 4.69) is 36.9 Å². The van der Waals surface area contributed by atoms with Crippen LogP contribution in [-0.2, 0) is 0 Å². The van der Waals surface area contributed by atoms with Gasteiger partial charge in [-0.2, -0.15) is 0 Å². The van der Waals surface area contributed by atoms with E-state index in [1.807, 2.05) is 32.0 Å². The van der Waals surface area contributed by atoms with Crippen molar-refractivity contribution in [2.24, 2.45) is 5.92 Å². The SMILES string of the molecule is Cc1cc(OCCN2CCCC2)cc(C)c1-c1cccc(C(=O)C(C)C)c1. The fraction of sp³-hybridized carbons (Fsp3) is 0.458. The van der Waals surface area contributed by atoms with Crippen molar-refractivity contribution < 1.29 is 9.53 Å². The highest BCUT2D eigenvalue weighted by Gasteiger charge is 2.14. The molecule has 1 heterocycles. The maximum absolute atomic E-state index is 12.4. The van der Waals surface area contributed by atoms with Crippen molar-refractivity contribution in [3.8, 4) is 16.9 Å². The summed E-state index contributed by atoms with van der Waals surface area (Å²) in [5.41, 5.74) is 5.44. The molecule has 1 saturated heterocycles. The van der Waals surface area contributed by atoms with Crippen LogP contribution in [0.2, 0.25) is 0 Å². The molecule has 0 aliphatic carbocycles. The number of likely N-dealkylation sites (tertiary alicyclic amines) is 1. The molecule has 1 aliphatic rings. The summed E-state index contributed by atoms with van der Waals surface area (Å²) in [6, 6.07) is 12.2. The molecule has 0 N–H and O–H groups in total. The molecule has 2 aromatic rings. The topological polar surface area (TPSA) is 29.5 Å². The standard InChI is InChI=1S/C24H31NO2/c1-17(2)24(26)21-9-7-8-20(16-21)23-18(3)14-22(15-19(23)4)27-13-12-25-10-5-6-11-25/h7-9,14-17H,5-6,10-13H2,1-4H3. The van der Waals surface area contributed by atoms with E-state index in [9.17, 15) is 4.79 Å². The number of rotatable bonds is 7. The highest BCUT2D eigenvalue weighted by Crippen LogP contribution is 2.32. The normalized spacial score (nSPS) is 14.7. The lowest BCUT2D eigenvalue weighted by atomic mass is 9.92. The van der Waals surface area contributed by atoms with Crippen molar-refractivity contribution in [2.45, 2.75) is 40.5 Å². The molecule has 1 fully saturated rings. The number of ether oxygens (including phenoxy) is 1. The lowest BCUT2D eigenvalue weighted by Gasteiger charge is -2.17. The van der Waals surface area contributed by atoms with Crippen LogP contribution >= 0.6 is 0 Å². The van der Waals surface area contributed by atoms with E-state index in [1.54, 1.807) is 0 Å². The summed E-state index contributed by atoms with van der Waals surface area (Å²) in [7, 11) is 0. The second-order valence-electron chi connectivity index (χ2n) is 7.93. The molecule has 3 heteroatoms. The van der Waals surface area contributed by atoms with Gasteiger partial charge in [0.05, 0.1) is 0 Å². The minimum absolute atomic E-state index is 0.00817. The maximum Gasteiger partial charge on any atom is 0.165 e. The van der Waals surface area contributed by atoms with Crippen molar-refractivity contribution in [3.63, 3.8) is 0 Å². The third kappa shape index (κ3) is 4.78. The van der Waals surface area contributed by atoms with Gasteiger partial charge in [-0.1, -0.05) is 32.0 Å². The van der Waals surface area contributed by atoms with Crippen molar-refractivity contribution in [2.75, 3.05) is 26.2 Å². The van der Waals surface area contributed by atoms with Gasteiger partial charge in [0, 0.05) is 18.0 Å². The van der Waals surface area contributed by atoms with Crippen LogP contribution in [-0.4, -0.2) is 36.9 Å². The molecule has 0 aromatic heterocycles. The fourth-order valence-electron chi connectivity index (χ4n) is 3.92. The molecule has 0 bridgehead atoms. The van der Waals surface area contributed by atoms with E-state index in [0.717, 1.165) is 30.0 Å². The summed E-state index contributed by atoms with van der Waals surface area (Å²) in [4.78, 5) is 14.8. The van der Waals surface area contributed by atoms with Crippen LogP contribution in [0.15, 0.2) is 36.4 Å². The molecule has 27 heavy (non-hydrogen) atoms. The van der Waals surface area contributed by atoms with Crippen LogP contribution in [0.3, 0.4) is 0 Å². The van der Waals surface area contributed by atoms with Gasteiger partial charge in [0.25, 0.3) is 0 Å². The van der Waals surface area contributed by atoms with Gasteiger partial charge in [-0.05, 0) is 80.2 Å². The van der Waals surface area contributed by atoms with Crippen LogP contribution in [0.5, 0.6) is 5.75 Å². The molecule has 0 radical (unpaired) electrons. The van der Waals surface area contributed by atoms with E-state index in [1.165, 1.54) is 42.6 Å². The molecule has 144 valence electrons. The van der Waals surface area contributed by atoms with Crippen molar-refractivity contribution >= 4 is 5.78 Å². The first-order chi connectivity index (χ1) is 13.0. The number of nitrogens with zero attached hydrogens (tertiary/aromatic N) is 1. The van der Waals surface area contributed by atoms with Crippen LogP contribution < -0.4 is 4.74 Å². The second-order valence-corrected chi connectivity index (χ2v) is 7.93. The predicted octanol–water partition coefficient (Wildman–Crippen LogP) is 5.28. The van der Waals surface area contributed by atoms with Gasteiger partial charge >= 0.3 is 0 Å². The average Bonchev–Trinajstić information content (AvgIpc) is 3.14. The molecule has 0 atom stereocenters. The van der Waals surface area contributed by atoms with Gasteiger partial charge in [-0.15, -0.1) is 0 Å². The zero-order chi connectivity index (χ0) is 19.4. The fourth-order valence-corrected chi connectivity index (χ4v) is 3.92. The summed E-state index contributed by atoms with van der Waals surface area (Å²) in [5, 5.41) is 0. The number of hydrogen-bond donors (Lipinski definition) is 0. The zero-order valence-corrected chi connectivity index (χ0v) is 17.0. The molecule has 3 nitrogen and oxygen atoms in total. The Morgan fingerprint density at radius 3 is 2.37 bits per heavy atom. The first-order valence-corrected chi connectivity index (χ1v) is 10.1. The zero-order valence-electron chi connectivity index (χ0n) is 17.0. The highest BCUT2D eigenvalue weighted by molar-refractivity contribution is 5.98. The predicted molar refractivity (Wildman–Crippen MR) is 112 cm³/mol. The van der Waals surface area contributed by atoms with E-state index >= 15 is 0 Å². The number of Topliss-reactive ketones (excluding diaryl/α,β-unsaturated/α-hetero) is 1. The van der Waals surface area contributed by atoms with Crippen LogP contribution in [0.25, 0.3) is 11.1 Å². The Bertz CT molecular complexity index is 781. The number of benzene rings is 2. The van der Waals surface area contributed by atoms with E-state index in [-0.39, 0.29) is 11.7 Å².